The number of benzene rings is 3. The molecule has 0 radical (unpaired) electrons. The number of nitrogens with zero attached hydrogens (tertiary/aromatic N) is 3. The van der Waals surface area contributed by atoms with Gasteiger partial charge in [-0.05, 0) is 79.7 Å². The molecule has 0 amide bonds. The van der Waals surface area contributed by atoms with Crippen LogP contribution in [0, 0.1) is 12.7 Å². The first kappa shape index (κ1) is 23.1. The van der Waals surface area contributed by atoms with Crippen LogP contribution in [0.2, 0.25) is 0 Å². The van der Waals surface area contributed by atoms with Gasteiger partial charge in [-0.2, -0.15) is 0 Å². The van der Waals surface area contributed by atoms with Gasteiger partial charge in [0.25, 0.3) is 0 Å². The molecule has 0 aliphatic carbocycles. The molecular weight excluding hydrogens is 441 g/mol. The molecule has 0 unspecified atom stereocenters. The first-order valence-electron chi connectivity index (χ1n) is 12.1. The van der Waals surface area contributed by atoms with Gasteiger partial charge in [-0.3, -0.25) is 0 Å². The number of anilines is 1. The second-order valence-corrected chi connectivity index (χ2v) is 8.87. The molecule has 5 rings (SSSR count). The SMILES string of the molecule is CCN1CCN(c2ccc(-c3nc(Cc4ccc(Oc5ccc(F)cc5)cc4)c(C)o3)cc2)CC1. The van der Waals surface area contributed by atoms with E-state index in [1.807, 2.05) is 31.2 Å². The molecule has 5 nitrogen and oxygen atoms in total. The lowest BCUT2D eigenvalue weighted by Crippen LogP contribution is -2.46. The van der Waals surface area contributed by atoms with E-state index < -0.39 is 0 Å². The monoisotopic (exact) mass is 471 g/mol. The van der Waals surface area contributed by atoms with Crippen molar-refractivity contribution >= 4 is 5.69 Å². The molecule has 35 heavy (non-hydrogen) atoms. The van der Waals surface area contributed by atoms with Gasteiger partial charge in [-0.1, -0.05) is 19.1 Å². The second kappa shape index (κ2) is 10.3. The Morgan fingerprint density at radius 3 is 2.11 bits per heavy atom. The van der Waals surface area contributed by atoms with Gasteiger partial charge >= 0.3 is 0 Å². The molecule has 0 bridgehead atoms. The highest BCUT2D eigenvalue weighted by Gasteiger charge is 2.17. The lowest BCUT2D eigenvalue weighted by molar-refractivity contribution is 0.271. The van der Waals surface area contributed by atoms with Crippen molar-refractivity contribution in [1.29, 1.82) is 0 Å². The number of aryl methyl sites for hydroxylation is 1. The lowest BCUT2D eigenvalue weighted by Gasteiger charge is -2.35. The zero-order valence-corrected chi connectivity index (χ0v) is 20.2. The van der Waals surface area contributed by atoms with Crippen LogP contribution in [-0.4, -0.2) is 42.6 Å². The summed E-state index contributed by atoms with van der Waals surface area (Å²) in [5.74, 6) is 2.50. The quantitative estimate of drug-likeness (QED) is 0.316. The van der Waals surface area contributed by atoms with E-state index in [4.69, 9.17) is 14.1 Å². The van der Waals surface area contributed by atoms with Crippen LogP contribution in [-0.2, 0) is 6.42 Å². The van der Waals surface area contributed by atoms with Gasteiger partial charge in [0, 0.05) is 43.9 Å². The van der Waals surface area contributed by atoms with Crippen molar-refractivity contribution in [1.82, 2.24) is 9.88 Å². The number of hydrogen-bond acceptors (Lipinski definition) is 5. The fourth-order valence-electron chi connectivity index (χ4n) is 4.36. The van der Waals surface area contributed by atoms with Crippen LogP contribution >= 0.6 is 0 Å². The zero-order chi connectivity index (χ0) is 24.2. The van der Waals surface area contributed by atoms with Gasteiger partial charge in [-0.15, -0.1) is 0 Å². The van der Waals surface area contributed by atoms with Crippen LogP contribution in [0.3, 0.4) is 0 Å². The molecule has 4 aromatic rings. The molecule has 1 saturated heterocycles. The standard InChI is InChI=1S/C29H30FN3O2/c1-3-32-16-18-33(19-17-32)25-10-6-23(7-11-25)29-31-28(21(2)34-29)20-22-4-12-26(13-5-22)35-27-14-8-24(30)9-15-27/h4-15H,3,16-20H2,1-2H3. The van der Waals surface area contributed by atoms with Gasteiger partial charge in [0.15, 0.2) is 0 Å². The van der Waals surface area contributed by atoms with Crippen molar-refractivity contribution in [2.45, 2.75) is 20.3 Å². The third-order valence-electron chi connectivity index (χ3n) is 6.54. The Kier molecular flexibility index (Phi) is 6.82. The van der Waals surface area contributed by atoms with E-state index in [0.29, 0.717) is 23.8 Å². The van der Waals surface area contributed by atoms with Crippen molar-refractivity contribution in [3.63, 3.8) is 0 Å². The number of rotatable bonds is 7. The predicted octanol–water partition coefficient (Wildman–Crippen LogP) is 6.31. The second-order valence-electron chi connectivity index (χ2n) is 8.87. The number of hydrogen-bond donors (Lipinski definition) is 0. The van der Waals surface area contributed by atoms with E-state index in [9.17, 15) is 4.39 Å². The summed E-state index contributed by atoms with van der Waals surface area (Å²) in [6, 6.07) is 22.4. The highest BCUT2D eigenvalue weighted by molar-refractivity contribution is 5.60. The fraction of sp³-hybridized carbons (Fsp3) is 0.276. The Labute approximate surface area is 205 Å². The smallest absolute Gasteiger partial charge is 0.226 e. The maximum Gasteiger partial charge on any atom is 0.226 e. The minimum absolute atomic E-state index is 0.281. The fourth-order valence-corrected chi connectivity index (χ4v) is 4.36. The van der Waals surface area contributed by atoms with Gasteiger partial charge in [0.1, 0.15) is 23.1 Å². The lowest BCUT2D eigenvalue weighted by atomic mass is 10.1. The van der Waals surface area contributed by atoms with E-state index in [0.717, 1.165) is 55.3 Å². The molecule has 2 heterocycles. The summed E-state index contributed by atoms with van der Waals surface area (Å²) in [7, 11) is 0. The van der Waals surface area contributed by atoms with E-state index >= 15 is 0 Å². The van der Waals surface area contributed by atoms with Crippen molar-refractivity contribution < 1.29 is 13.5 Å². The third-order valence-corrected chi connectivity index (χ3v) is 6.54. The van der Waals surface area contributed by atoms with Crippen molar-refractivity contribution in [2.75, 3.05) is 37.6 Å². The Morgan fingerprint density at radius 1 is 0.857 bits per heavy atom. The van der Waals surface area contributed by atoms with Crippen LogP contribution < -0.4 is 9.64 Å². The summed E-state index contributed by atoms with van der Waals surface area (Å²) in [5, 5.41) is 0. The minimum atomic E-state index is -0.281. The van der Waals surface area contributed by atoms with E-state index in [1.54, 1.807) is 12.1 Å². The van der Waals surface area contributed by atoms with E-state index in [-0.39, 0.29) is 5.82 Å². The molecule has 1 fully saturated rings. The number of aromatic nitrogens is 1. The Morgan fingerprint density at radius 2 is 1.49 bits per heavy atom. The molecule has 0 spiro atoms. The summed E-state index contributed by atoms with van der Waals surface area (Å²) >= 11 is 0. The minimum Gasteiger partial charge on any atom is -0.457 e. The summed E-state index contributed by atoms with van der Waals surface area (Å²) in [5.41, 5.74) is 4.27. The Balaban J connectivity index is 1.23. The number of ether oxygens (including phenoxy) is 1. The molecule has 0 saturated carbocycles. The Bertz CT molecular complexity index is 1240. The first-order chi connectivity index (χ1) is 17.1. The highest BCUT2D eigenvalue weighted by atomic mass is 19.1. The van der Waals surface area contributed by atoms with Crippen LogP contribution in [0.25, 0.3) is 11.5 Å². The highest BCUT2D eigenvalue weighted by Crippen LogP contribution is 2.27. The number of piperazine rings is 1. The molecule has 6 heteroatoms. The topological polar surface area (TPSA) is 41.7 Å². The average molecular weight is 472 g/mol. The number of halogens is 1. The molecule has 0 N–H and O–H groups in total. The predicted molar refractivity (Wildman–Crippen MR) is 137 cm³/mol. The normalized spacial score (nSPS) is 14.3. The largest absolute Gasteiger partial charge is 0.457 e. The summed E-state index contributed by atoms with van der Waals surface area (Å²) in [4.78, 5) is 9.70. The maximum absolute atomic E-state index is 13.1. The maximum atomic E-state index is 13.1. The van der Waals surface area contributed by atoms with Crippen molar-refractivity contribution in [3.8, 4) is 23.0 Å². The summed E-state index contributed by atoms with van der Waals surface area (Å²) < 4.78 is 24.9. The van der Waals surface area contributed by atoms with Crippen LogP contribution in [0.4, 0.5) is 10.1 Å². The first-order valence-corrected chi connectivity index (χ1v) is 12.1. The number of likely N-dealkylation sites (N-methyl/N-ethyl adjacent to an activating group) is 1. The van der Waals surface area contributed by atoms with Crippen LogP contribution in [0.1, 0.15) is 23.9 Å². The van der Waals surface area contributed by atoms with E-state index in [1.165, 1.54) is 17.8 Å². The summed E-state index contributed by atoms with van der Waals surface area (Å²) in [6.45, 7) is 9.63. The average Bonchev–Trinajstić information content (AvgIpc) is 3.26. The molecule has 180 valence electrons. The summed E-state index contributed by atoms with van der Waals surface area (Å²) in [6.07, 6.45) is 0.673. The van der Waals surface area contributed by atoms with Gasteiger partial charge in [0.2, 0.25) is 5.89 Å². The Hall–Kier alpha value is -3.64. The van der Waals surface area contributed by atoms with Crippen molar-refractivity contribution in [3.05, 3.63) is 95.6 Å². The van der Waals surface area contributed by atoms with Crippen LogP contribution in [0.5, 0.6) is 11.5 Å². The molecule has 0 atom stereocenters. The van der Waals surface area contributed by atoms with Gasteiger partial charge < -0.3 is 19.0 Å². The van der Waals surface area contributed by atoms with E-state index in [2.05, 4.69) is 41.0 Å². The van der Waals surface area contributed by atoms with Crippen molar-refractivity contribution in [2.24, 2.45) is 0 Å². The molecule has 1 aromatic heterocycles. The molecule has 3 aromatic carbocycles. The third kappa shape index (κ3) is 5.54. The number of oxazole rings is 1. The van der Waals surface area contributed by atoms with Gasteiger partial charge in [-0.25, -0.2) is 9.37 Å². The molecular formula is C29H30FN3O2. The van der Waals surface area contributed by atoms with Gasteiger partial charge in [0.05, 0.1) is 5.69 Å². The zero-order valence-electron chi connectivity index (χ0n) is 20.2. The molecule has 1 aliphatic heterocycles. The van der Waals surface area contributed by atoms with Crippen LogP contribution in [0.15, 0.2) is 77.2 Å². The molecule has 1 aliphatic rings.